The number of carboxylic acids is 1. The van der Waals surface area contributed by atoms with Crippen molar-refractivity contribution in [1.82, 2.24) is 4.90 Å². The number of hydrogen-bond donors (Lipinski definition) is 1. The van der Waals surface area contributed by atoms with E-state index in [1.165, 1.54) is 0 Å². The van der Waals surface area contributed by atoms with Crippen LogP contribution in [0.3, 0.4) is 0 Å². The van der Waals surface area contributed by atoms with Crippen molar-refractivity contribution in [2.45, 2.75) is 20.0 Å². The maximum atomic E-state index is 12.3. The van der Waals surface area contributed by atoms with Gasteiger partial charge in [0.15, 0.2) is 6.10 Å². The topological polar surface area (TPSA) is 66.8 Å². The van der Waals surface area contributed by atoms with Crippen LogP contribution in [0.25, 0.3) is 0 Å². The summed E-state index contributed by atoms with van der Waals surface area (Å²) in [6, 6.07) is 9.13. The summed E-state index contributed by atoms with van der Waals surface area (Å²) >= 11 is 0. The molecule has 0 aliphatic carbocycles. The van der Waals surface area contributed by atoms with Crippen molar-refractivity contribution in [3.05, 3.63) is 30.3 Å². The Bertz CT molecular complexity index is 488. The van der Waals surface area contributed by atoms with Crippen molar-refractivity contribution in [2.24, 2.45) is 11.8 Å². The van der Waals surface area contributed by atoms with Crippen LogP contribution in [0.5, 0.6) is 5.75 Å². The number of hydrogen-bond acceptors (Lipinski definition) is 3. The summed E-state index contributed by atoms with van der Waals surface area (Å²) in [7, 11) is 0. The van der Waals surface area contributed by atoms with E-state index >= 15 is 0 Å². The van der Waals surface area contributed by atoms with E-state index in [1.54, 1.807) is 24.0 Å². The molecule has 108 valence electrons. The van der Waals surface area contributed by atoms with Gasteiger partial charge in [0.25, 0.3) is 5.91 Å². The van der Waals surface area contributed by atoms with Gasteiger partial charge in [-0.3, -0.25) is 9.59 Å². The molecule has 0 saturated carbocycles. The van der Waals surface area contributed by atoms with Crippen molar-refractivity contribution in [1.29, 1.82) is 0 Å². The highest BCUT2D eigenvalue weighted by atomic mass is 16.5. The molecule has 1 heterocycles. The molecule has 1 saturated heterocycles. The molecule has 0 bridgehead atoms. The lowest BCUT2D eigenvalue weighted by molar-refractivity contribution is -0.142. The average molecular weight is 277 g/mol. The summed E-state index contributed by atoms with van der Waals surface area (Å²) in [6.07, 6.45) is -0.614. The van der Waals surface area contributed by atoms with Crippen molar-refractivity contribution in [2.75, 3.05) is 13.1 Å². The van der Waals surface area contributed by atoms with E-state index in [9.17, 15) is 9.59 Å². The molecular formula is C15H19NO4. The van der Waals surface area contributed by atoms with Crippen molar-refractivity contribution in [3.8, 4) is 5.75 Å². The van der Waals surface area contributed by atoms with Crippen LogP contribution in [0.2, 0.25) is 0 Å². The summed E-state index contributed by atoms with van der Waals surface area (Å²) in [5, 5.41) is 9.09. The molecule has 1 fully saturated rings. The molecule has 1 aliphatic heterocycles. The molecule has 1 amide bonds. The third-order valence-electron chi connectivity index (χ3n) is 3.65. The van der Waals surface area contributed by atoms with Gasteiger partial charge in [0.1, 0.15) is 5.75 Å². The van der Waals surface area contributed by atoms with Crippen LogP contribution < -0.4 is 4.74 Å². The molecule has 0 aromatic heterocycles. The Morgan fingerprint density at radius 1 is 1.30 bits per heavy atom. The van der Waals surface area contributed by atoms with Gasteiger partial charge in [0, 0.05) is 13.1 Å². The van der Waals surface area contributed by atoms with Crippen LogP contribution >= 0.6 is 0 Å². The zero-order valence-corrected chi connectivity index (χ0v) is 11.7. The first-order valence-corrected chi connectivity index (χ1v) is 6.72. The van der Waals surface area contributed by atoms with Crippen LogP contribution in [0, 0.1) is 11.8 Å². The molecule has 3 atom stereocenters. The number of carbonyl (C=O) groups excluding carboxylic acids is 1. The minimum absolute atomic E-state index is 0.0274. The SMILES string of the molecule is CC(Oc1ccccc1)C(=O)N1C[C@@H](C)[C@H](C(=O)O)C1. The molecule has 0 radical (unpaired) electrons. The Morgan fingerprint density at radius 2 is 1.95 bits per heavy atom. The molecule has 2 rings (SSSR count). The normalized spacial score (nSPS) is 23.4. The highest BCUT2D eigenvalue weighted by molar-refractivity contribution is 5.82. The number of amides is 1. The van der Waals surface area contributed by atoms with Gasteiger partial charge in [-0.2, -0.15) is 0 Å². The zero-order chi connectivity index (χ0) is 14.7. The standard InChI is InChI=1S/C15H19NO4/c1-10-8-16(9-13(10)15(18)19)14(17)11(2)20-12-6-4-3-5-7-12/h3-7,10-11,13H,8-9H2,1-2H3,(H,18,19)/t10-,11?,13-/m1/s1. The number of ether oxygens (including phenoxy) is 1. The number of aliphatic carboxylic acids is 1. The smallest absolute Gasteiger partial charge is 0.308 e. The van der Waals surface area contributed by atoms with E-state index in [1.807, 2.05) is 25.1 Å². The van der Waals surface area contributed by atoms with Gasteiger partial charge in [-0.1, -0.05) is 25.1 Å². The Kier molecular flexibility index (Phi) is 4.27. The molecule has 1 N–H and O–H groups in total. The Morgan fingerprint density at radius 3 is 2.50 bits per heavy atom. The van der Waals surface area contributed by atoms with E-state index in [0.29, 0.717) is 12.3 Å². The second-order valence-electron chi connectivity index (χ2n) is 5.24. The van der Waals surface area contributed by atoms with Crippen LogP contribution in [-0.4, -0.2) is 41.1 Å². The van der Waals surface area contributed by atoms with E-state index in [4.69, 9.17) is 9.84 Å². The van der Waals surface area contributed by atoms with Crippen LogP contribution in [0.1, 0.15) is 13.8 Å². The van der Waals surface area contributed by atoms with Crippen LogP contribution in [0.4, 0.5) is 0 Å². The van der Waals surface area contributed by atoms with E-state index in [-0.39, 0.29) is 18.4 Å². The molecule has 5 heteroatoms. The summed E-state index contributed by atoms with van der Waals surface area (Å²) in [6.45, 7) is 4.28. The summed E-state index contributed by atoms with van der Waals surface area (Å²) in [5.41, 5.74) is 0. The molecule has 1 unspecified atom stereocenters. The van der Waals surface area contributed by atoms with Crippen LogP contribution in [-0.2, 0) is 9.59 Å². The average Bonchev–Trinajstić information content (AvgIpc) is 2.81. The predicted octanol–water partition coefficient (Wildman–Crippen LogP) is 1.63. The van der Waals surface area contributed by atoms with Gasteiger partial charge in [-0.25, -0.2) is 0 Å². The number of carbonyl (C=O) groups is 2. The summed E-state index contributed by atoms with van der Waals surface area (Å²) in [5.74, 6) is -0.882. The molecule has 20 heavy (non-hydrogen) atoms. The van der Waals surface area contributed by atoms with Gasteiger partial charge < -0.3 is 14.7 Å². The number of benzene rings is 1. The predicted molar refractivity (Wildman–Crippen MR) is 73.4 cm³/mol. The Balaban J connectivity index is 1.96. The molecule has 1 aliphatic rings. The fourth-order valence-electron chi connectivity index (χ4n) is 2.48. The van der Waals surface area contributed by atoms with Crippen molar-refractivity contribution >= 4 is 11.9 Å². The molecule has 5 nitrogen and oxygen atoms in total. The lowest BCUT2D eigenvalue weighted by Gasteiger charge is -2.21. The first-order chi connectivity index (χ1) is 9.49. The number of rotatable bonds is 4. The maximum Gasteiger partial charge on any atom is 0.308 e. The second kappa shape index (κ2) is 5.94. The first-order valence-electron chi connectivity index (χ1n) is 6.72. The van der Waals surface area contributed by atoms with Gasteiger partial charge in [0.05, 0.1) is 5.92 Å². The zero-order valence-electron chi connectivity index (χ0n) is 11.7. The van der Waals surface area contributed by atoms with Gasteiger partial charge in [-0.05, 0) is 25.0 Å². The molecule has 1 aromatic rings. The van der Waals surface area contributed by atoms with E-state index < -0.39 is 18.0 Å². The van der Waals surface area contributed by atoms with Crippen molar-refractivity contribution in [3.63, 3.8) is 0 Å². The lowest BCUT2D eigenvalue weighted by Crippen LogP contribution is -2.39. The van der Waals surface area contributed by atoms with E-state index in [0.717, 1.165) is 0 Å². The number of carboxylic acid groups (broad SMARTS) is 1. The number of likely N-dealkylation sites (tertiary alicyclic amines) is 1. The maximum absolute atomic E-state index is 12.3. The summed E-state index contributed by atoms with van der Waals surface area (Å²) in [4.78, 5) is 24.9. The molecular weight excluding hydrogens is 258 g/mol. The van der Waals surface area contributed by atoms with Gasteiger partial charge in [0.2, 0.25) is 0 Å². The quantitative estimate of drug-likeness (QED) is 0.908. The number of nitrogens with zero attached hydrogens (tertiary/aromatic N) is 1. The fraction of sp³-hybridized carbons (Fsp3) is 0.467. The third kappa shape index (κ3) is 3.10. The minimum Gasteiger partial charge on any atom is -0.481 e. The van der Waals surface area contributed by atoms with Crippen LogP contribution in [0.15, 0.2) is 30.3 Å². The minimum atomic E-state index is -0.843. The third-order valence-corrected chi connectivity index (χ3v) is 3.65. The van der Waals surface area contributed by atoms with Gasteiger partial charge in [-0.15, -0.1) is 0 Å². The largest absolute Gasteiger partial charge is 0.481 e. The Labute approximate surface area is 118 Å². The molecule has 1 aromatic carbocycles. The monoisotopic (exact) mass is 277 g/mol. The lowest BCUT2D eigenvalue weighted by atomic mass is 9.99. The molecule has 0 spiro atoms. The highest BCUT2D eigenvalue weighted by Gasteiger charge is 2.38. The van der Waals surface area contributed by atoms with Crippen molar-refractivity contribution < 1.29 is 19.4 Å². The highest BCUT2D eigenvalue weighted by Crippen LogP contribution is 2.24. The first kappa shape index (κ1) is 14.4. The van der Waals surface area contributed by atoms with E-state index in [2.05, 4.69) is 0 Å². The number of para-hydroxylation sites is 1. The Hall–Kier alpha value is -2.04. The second-order valence-corrected chi connectivity index (χ2v) is 5.24. The van der Waals surface area contributed by atoms with Gasteiger partial charge >= 0.3 is 5.97 Å². The fourth-order valence-corrected chi connectivity index (χ4v) is 2.48. The summed E-state index contributed by atoms with van der Waals surface area (Å²) < 4.78 is 5.58.